The quantitative estimate of drug-likeness (QED) is 0.353. The highest BCUT2D eigenvalue weighted by Crippen LogP contribution is 2.39. The minimum atomic E-state index is -0.471. The van der Waals surface area contributed by atoms with Crippen molar-refractivity contribution in [3.05, 3.63) is 106 Å². The number of halogens is 2. The van der Waals surface area contributed by atoms with Crippen LogP contribution in [-0.2, 0) is 0 Å². The van der Waals surface area contributed by atoms with E-state index >= 15 is 0 Å². The largest absolute Gasteiger partial charge is 0.334 e. The van der Waals surface area contributed by atoms with Crippen LogP contribution in [0.15, 0.2) is 89.1 Å². The highest BCUT2D eigenvalue weighted by atomic mass is 35.5. The second-order valence-electron chi connectivity index (χ2n) is 7.54. The number of aromatic nitrogens is 2. The molecule has 4 aromatic rings. The maximum atomic E-state index is 13.2. The first-order valence-corrected chi connectivity index (χ1v) is 11.0. The number of nitrogens with zero attached hydrogens (tertiary/aromatic N) is 3. The number of urea groups is 1. The summed E-state index contributed by atoms with van der Waals surface area (Å²) < 4.78 is 5.70. The standard InChI is InChI=1S/C25H18Cl2N4O2/c1-15-21(24-29-23(30-33-24)17-9-5-10-18(26)13-17)22(16-7-3-2-4-8-16)28-25(32)31(15)20-12-6-11-19(27)14-20/h2-14,22H,1H3,(H,28,32). The van der Waals surface area contributed by atoms with E-state index in [-0.39, 0.29) is 6.03 Å². The SMILES string of the molecule is CC1=C(c2nc(-c3cccc(Cl)c3)no2)C(c2ccccc2)NC(=O)N1c1cccc(Cl)c1. The van der Waals surface area contributed by atoms with Crippen molar-refractivity contribution < 1.29 is 9.32 Å². The van der Waals surface area contributed by atoms with Gasteiger partial charge in [-0.25, -0.2) is 4.79 Å². The Morgan fingerprint density at radius 3 is 2.39 bits per heavy atom. The van der Waals surface area contributed by atoms with Gasteiger partial charge in [0, 0.05) is 21.3 Å². The Hall–Kier alpha value is -3.61. The Balaban J connectivity index is 1.66. The molecular weight excluding hydrogens is 459 g/mol. The molecule has 164 valence electrons. The van der Waals surface area contributed by atoms with Crippen molar-refractivity contribution in [2.24, 2.45) is 0 Å². The van der Waals surface area contributed by atoms with E-state index in [0.29, 0.717) is 38.7 Å². The number of hydrogen-bond acceptors (Lipinski definition) is 4. The molecule has 1 aliphatic heterocycles. The van der Waals surface area contributed by atoms with Gasteiger partial charge in [0.2, 0.25) is 5.82 Å². The highest BCUT2D eigenvalue weighted by molar-refractivity contribution is 6.31. The van der Waals surface area contributed by atoms with Gasteiger partial charge in [-0.05, 0) is 42.8 Å². The fraction of sp³-hybridized carbons (Fsp3) is 0.0800. The molecule has 0 radical (unpaired) electrons. The van der Waals surface area contributed by atoms with Crippen LogP contribution in [0.2, 0.25) is 10.0 Å². The first-order valence-electron chi connectivity index (χ1n) is 10.2. The molecule has 0 saturated carbocycles. The Bertz CT molecular complexity index is 1370. The summed E-state index contributed by atoms with van der Waals surface area (Å²) in [5, 5.41) is 8.35. The molecule has 8 heteroatoms. The molecule has 1 atom stereocenters. The van der Waals surface area contributed by atoms with Crippen molar-refractivity contribution in [1.82, 2.24) is 15.5 Å². The fourth-order valence-electron chi connectivity index (χ4n) is 3.92. The van der Waals surface area contributed by atoms with Gasteiger partial charge < -0.3 is 9.84 Å². The smallest absolute Gasteiger partial charge is 0.326 e. The summed E-state index contributed by atoms with van der Waals surface area (Å²) in [6.45, 7) is 1.86. The van der Waals surface area contributed by atoms with E-state index in [1.807, 2.05) is 55.5 Å². The van der Waals surface area contributed by atoms with Crippen LogP contribution in [0.25, 0.3) is 17.0 Å². The lowest BCUT2D eigenvalue weighted by molar-refractivity contribution is 0.244. The molecule has 1 N–H and O–H groups in total. The van der Waals surface area contributed by atoms with Crippen molar-refractivity contribution in [3.63, 3.8) is 0 Å². The Morgan fingerprint density at radius 1 is 0.939 bits per heavy atom. The van der Waals surface area contributed by atoms with Gasteiger partial charge in [-0.3, -0.25) is 4.90 Å². The molecule has 5 rings (SSSR count). The molecule has 6 nitrogen and oxygen atoms in total. The average Bonchev–Trinajstić information content (AvgIpc) is 3.29. The molecule has 0 bridgehead atoms. The van der Waals surface area contributed by atoms with Crippen LogP contribution in [0, 0.1) is 0 Å². The number of allylic oxidation sites excluding steroid dienone is 1. The maximum Gasteiger partial charge on any atom is 0.326 e. The molecule has 1 unspecified atom stereocenters. The van der Waals surface area contributed by atoms with Crippen molar-refractivity contribution in [2.45, 2.75) is 13.0 Å². The predicted molar refractivity (Wildman–Crippen MR) is 129 cm³/mol. The summed E-state index contributed by atoms with van der Waals surface area (Å²) in [7, 11) is 0. The van der Waals surface area contributed by atoms with Crippen LogP contribution in [0.4, 0.5) is 10.5 Å². The summed E-state index contributed by atoms with van der Waals surface area (Å²) in [6.07, 6.45) is 0. The number of amides is 2. The van der Waals surface area contributed by atoms with Crippen LogP contribution in [0.5, 0.6) is 0 Å². The molecule has 3 aromatic carbocycles. The zero-order valence-corrected chi connectivity index (χ0v) is 19.0. The Labute approximate surface area is 200 Å². The third kappa shape index (κ3) is 4.11. The number of carbonyl (C=O) groups excluding carboxylic acids is 1. The lowest BCUT2D eigenvalue weighted by atomic mass is 9.94. The van der Waals surface area contributed by atoms with Gasteiger partial charge in [0.1, 0.15) is 0 Å². The van der Waals surface area contributed by atoms with E-state index in [4.69, 9.17) is 27.7 Å². The van der Waals surface area contributed by atoms with E-state index in [0.717, 1.165) is 11.1 Å². The fourth-order valence-corrected chi connectivity index (χ4v) is 4.29. The zero-order chi connectivity index (χ0) is 22.9. The Kier molecular flexibility index (Phi) is 5.62. The number of anilines is 1. The van der Waals surface area contributed by atoms with E-state index in [1.54, 1.807) is 35.2 Å². The summed E-state index contributed by atoms with van der Waals surface area (Å²) in [5.74, 6) is 0.717. The van der Waals surface area contributed by atoms with E-state index in [2.05, 4.69) is 15.5 Å². The van der Waals surface area contributed by atoms with Gasteiger partial charge in [0.15, 0.2) is 0 Å². The number of nitrogens with one attached hydrogen (secondary N) is 1. The first kappa shape index (κ1) is 21.2. The molecule has 2 amide bonds. The van der Waals surface area contributed by atoms with Crippen LogP contribution >= 0.6 is 23.2 Å². The summed E-state index contributed by atoms with van der Waals surface area (Å²) in [4.78, 5) is 19.4. The molecule has 1 aliphatic rings. The van der Waals surface area contributed by atoms with Gasteiger partial charge in [-0.1, -0.05) is 76.9 Å². The molecule has 33 heavy (non-hydrogen) atoms. The van der Waals surface area contributed by atoms with Crippen LogP contribution in [-0.4, -0.2) is 16.2 Å². The Morgan fingerprint density at radius 2 is 1.67 bits per heavy atom. The molecule has 0 fully saturated rings. The maximum absolute atomic E-state index is 13.2. The van der Waals surface area contributed by atoms with E-state index < -0.39 is 6.04 Å². The third-order valence-corrected chi connectivity index (χ3v) is 5.89. The minimum Gasteiger partial charge on any atom is -0.334 e. The van der Waals surface area contributed by atoms with Crippen molar-refractivity contribution in [3.8, 4) is 11.4 Å². The van der Waals surface area contributed by atoms with Crippen molar-refractivity contribution in [1.29, 1.82) is 0 Å². The number of rotatable bonds is 4. The summed E-state index contributed by atoms with van der Waals surface area (Å²) in [5.41, 5.74) is 3.63. The molecule has 0 aliphatic carbocycles. The highest BCUT2D eigenvalue weighted by Gasteiger charge is 2.36. The van der Waals surface area contributed by atoms with Crippen LogP contribution < -0.4 is 10.2 Å². The van der Waals surface area contributed by atoms with Gasteiger partial charge in [0.25, 0.3) is 5.89 Å². The number of benzene rings is 3. The van der Waals surface area contributed by atoms with Crippen molar-refractivity contribution in [2.75, 3.05) is 4.90 Å². The molecule has 2 heterocycles. The molecule has 0 saturated heterocycles. The van der Waals surface area contributed by atoms with Gasteiger partial charge in [0.05, 0.1) is 17.3 Å². The normalized spacial score (nSPS) is 16.2. The predicted octanol–water partition coefficient (Wildman–Crippen LogP) is 6.75. The number of hydrogen-bond donors (Lipinski definition) is 1. The summed E-state index contributed by atoms with van der Waals surface area (Å²) >= 11 is 12.3. The molecule has 1 aromatic heterocycles. The topological polar surface area (TPSA) is 71.3 Å². The lowest BCUT2D eigenvalue weighted by Crippen LogP contribution is -2.46. The second kappa shape index (κ2) is 8.73. The van der Waals surface area contributed by atoms with Gasteiger partial charge >= 0.3 is 6.03 Å². The van der Waals surface area contributed by atoms with Gasteiger partial charge in [-0.15, -0.1) is 0 Å². The lowest BCUT2D eigenvalue weighted by Gasteiger charge is -2.35. The van der Waals surface area contributed by atoms with Gasteiger partial charge in [-0.2, -0.15) is 4.98 Å². The van der Waals surface area contributed by atoms with Crippen LogP contribution in [0.1, 0.15) is 24.4 Å². The zero-order valence-electron chi connectivity index (χ0n) is 17.5. The number of carbonyl (C=O) groups is 1. The third-order valence-electron chi connectivity index (χ3n) is 5.42. The average molecular weight is 477 g/mol. The van der Waals surface area contributed by atoms with Crippen molar-refractivity contribution >= 4 is 40.5 Å². The molecular formula is C25H18Cl2N4O2. The van der Waals surface area contributed by atoms with E-state index in [1.165, 1.54) is 0 Å². The molecule has 0 spiro atoms. The second-order valence-corrected chi connectivity index (χ2v) is 8.41. The summed E-state index contributed by atoms with van der Waals surface area (Å²) in [6, 6.07) is 23.3. The van der Waals surface area contributed by atoms with E-state index in [9.17, 15) is 4.79 Å². The monoisotopic (exact) mass is 476 g/mol. The minimum absolute atomic E-state index is 0.276. The first-order chi connectivity index (χ1) is 16.0. The van der Waals surface area contributed by atoms with Crippen LogP contribution in [0.3, 0.4) is 0 Å².